The van der Waals surface area contributed by atoms with Gasteiger partial charge >= 0.3 is 0 Å². The standard InChI is InChI=1S/C19H36N2OSi2/c1-6-10-17-13-15-20-19(21-17)14-16-23(2,3)22-24(4,5)18-11-8-7-9-12-18/h7-9,11-12,17,19-21H,6,10,13-16H2,1-5H3. The maximum Gasteiger partial charge on any atom is 0.205 e. The van der Waals surface area contributed by atoms with Crippen LogP contribution in [0.4, 0.5) is 0 Å². The number of benzene rings is 1. The molecule has 0 radical (unpaired) electrons. The molecule has 1 aliphatic rings. The maximum atomic E-state index is 6.80. The van der Waals surface area contributed by atoms with Crippen LogP contribution in [-0.2, 0) is 4.12 Å². The summed E-state index contributed by atoms with van der Waals surface area (Å²) in [5.74, 6) is 0. The van der Waals surface area contributed by atoms with E-state index < -0.39 is 16.6 Å². The van der Waals surface area contributed by atoms with Crippen LogP contribution in [0.5, 0.6) is 0 Å². The Kier molecular flexibility index (Phi) is 7.25. The van der Waals surface area contributed by atoms with E-state index in [1.165, 1.54) is 36.9 Å². The van der Waals surface area contributed by atoms with E-state index in [4.69, 9.17) is 4.12 Å². The lowest BCUT2D eigenvalue weighted by Crippen LogP contribution is -2.55. The van der Waals surface area contributed by atoms with Crippen molar-refractivity contribution in [3.63, 3.8) is 0 Å². The van der Waals surface area contributed by atoms with Crippen molar-refractivity contribution in [3.8, 4) is 0 Å². The summed E-state index contributed by atoms with van der Waals surface area (Å²) in [5.41, 5.74) is 0. The highest BCUT2D eigenvalue weighted by molar-refractivity contribution is 6.92. The Labute approximate surface area is 150 Å². The first kappa shape index (κ1) is 19.9. The van der Waals surface area contributed by atoms with Gasteiger partial charge in [-0.05, 0) is 63.2 Å². The molecule has 1 saturated heterocycles. The highest BCUT2D eigenvalue weighted by atomic mass is 28.4. The van der Waals surface area contributed by atoms with Gasteiger partial charge in [-0.1, -0.05) is 43.7 Å². The predicted molar refractivity (Wildman–Crippen MR) is 110 cm³/mol. The van der Waals surface area contributed by atoms with Gasteiger partial charge < -0.3 is 9.43 Å². The van der Waals surface area contributed by atoms with Gasteiger partial charge in [-0.15, -0.1) is 0 Å². The molecule has 24 heavy (non-hydrogen) atoms. The first-order valence-electron chi connectivity index (χ1n) is 9.57. The smallest absolute Gasteiger partial charge is 0.205 e. The molecule has 1 fully saturated rings. The first-order valence-corrected chi connectivity index (χ1v) is 15.6. The van der Waals surface area contributed by atoms with Gasteiger partial charge in [-0.25, -0.2) is 0 Å². The maximum absolute atomic E-state index is 6.80. The molecule has 0 aromatic heterocycles. The number of rotatable bonds is 8. The van der Waals surface area contributed by atoms with E-state index in [-0.39, 0.29) is 0 Å². The third-order valence-corrected chi connectivity index (χ3v) is 12.5. The Morgan fingerprint density at radius 3 is 2.46 bits per heavy atom. The van der Waals surface area contributed by atoms with Gasteiger partial charge in [-0.2, -0.15) is 0 Å². The van der Waals surface area contributed by atoms with Crippen molar-refractivity contribution in [2.24, 2.45) is 0 Å². The fourth-order valence-corrected chi connectivity index (χ4v) is 12.1. The van der Waals surface area contributed by atoms with Crippen molar-refractivity contribution >= 4 is 21.8 Å². The summed E-state index contributed by atoms with van der Waals surface area (Å²) in [7, 11) is -3.47. The van der Waals surface area contributed by atoms with E-state index in [1.54, 1.807) is 0 Å². The molecule has 0 spiro atoms. The van der Waals surface area contributed by atoms with Gasteiger partial charge in [0.2, 0.25) is 8.32 Å². The molecule has 1 aromatic carbocycles. The summed E-state index contributed by atoms with van der Waals surface area (Å²) >= 11 is 0. The Bertz CT molecular complexity index is 491. The minimum absolute atomic E-state index is 0.465. The molecular weight excluding hydrogens is 328 g/mol. The van der Waals surface area contributed by atoms with Crippen LogP contribution >= 0.6 is 0 Å². The molecule has 136 valence electrons. The molecule has 2 rings (SSSR count). The Morgan fingerprint density at radius 1 is 1.08 bits per heavy atom. The Balaban J connectivity index is 1.86. The summed E-state index contributed by atoms with van der Waals surface area (Å²) in [4.78, 5) is 0. The van der Waals surface area contributed by atoms with Crippen LogP contribution in [0, 0.1) is 0 Å². The van der Waals surface area contributed by atoms with Crippen molar-refractivity contribution in [2.45, 2.75) is 77.0 Å². The number of hydrogen-bond donors (Lipinski definition) is 2. The highest BCUT2D eigenvalue weighted by Gasteiger charge is 2.35. The first-order chi connectivity index (χ1) is 11.3. The normalized spacial score (nSPS) is 22.5. The van der Waals surface area contributed by atoms with Crippen molar-refractivity contribution < 1.29 is 4.12 Å². The van der Waals surface area contributed by atoms with E-state index in [9.17, 15) is 0 Å². The fourth-order valence-electron chi connectivity index (χ4n) is 3.75. The van der Waals surface area contributed by atoms with Crippen LogP contribution in [0.3, 0.4) is 0 Å². The zero-order valence-corrected chi connectivity index (χ0v) is 18.2. The van der Waals surface area contributed by atoms with Gasteiger partial charge in [0, 0.05) is 6.04 Å². The molecule has 0 bridgehead atoms. The number of nitrogens with one attached hydrogen (secondary N) is 2. The highest BCUT2D eigenvalue weighted by Crippen LogP contribution is 2.21. The van der Waals surface area contributed by atoms with E-state index in [1.807, 2.05) is 0 Å². The second-order valence-corrected chi connectivity index (χ2v) is 16.7. The molecule has 1 heterocycles. The second kappa shape index (κ2) is 8.76. The van der Waals surface area contributed by atoms with Crippen molar-refractivity contribution in [1.82, 2.24) is 10.6 Å². The largest absolute Gasteiger partial charge is 0.452 e. The van der Waals surface area contributed by atoms with Crippen LogP contribution in [0.15, 0.2) is 30.3 Å². The topological polar surface area (TPSA) is 33.3 Å². The van der Waals surface area contributed by atoms with Crippen LogP contribution in [0.2, 0.25) is 32.2 Å². The van der Waals surface area contributed by atoms with Gasteiger partial charge in [0.1, 0.15) is 0 Å². The molecule has 0 amide bonds. The lowest BCUT2D eigenvalue weighted by Gasteiger charge is -2.37. The quantitative estimate of drug-likeness (QED) is 0.689. The third kappa shape index (κ3) is 6.11. The average Bonchev–Trinajstić information content (AvgIpc) is 2.54. The molecule has 2 N–H and O–H groups in total. The molecule has 1 aliphatic heterocycles. The lowest BCUT2D eigenvalue weighted by atomic mass is 10.1. The van der Waals surface area contributed by atoms with Crippen LogP contribution in [0.25, 0.3) is 0 Å². The van der Waals surface area contributed by atoms with Crippen LogP contribution in [0.1, 0.15) is 32.6 Å². The van der Waals surface area contributed by atoms with E-state index in [0.29, 0.717) is 12.2 Å². The minimum atomic E-state index is -1.81. The fraction of sp³-hybridized carbons (Fsp3) is 0.684. The van der Waals surface area contributed by atoms with Gasteiger partial charge in [0.25, 0.3) is 0 Å². The molecule has 3 nitrogen and oxygen atoms in total. The van der Waals surface area contributed by atoms with Crippen LogP contribution < -0.4 is 15.8 Å². The molecule has 0 aliphatic carbocycles. The van der Waals surface area contributed by atoms with E-state index in [2.05, 4.69) is 74.1 Å². The molecule has 0 saturated carbocycles. The average molecular weight is 365 g/mol. The molecule has 5 heteroatoms. The second-order valence-electron chi connectivity index (χ2n) is 8.22. The zero-order valence-electron chi connectivity index (χ0n) is 16.2. The zero-order chi connectivity index (χ0) is 17.6. The summed E-state index contributed by atoms with van der Waals surface area (Å²) in [6.45, 7) is 12.9. The van der Waals surface area contributed by atoms with Crippen molar-refractivity contribution in [2.75, 3.05) is 6.54 Å². The van der Waals surface area contributed by atoms with Crippen LogP contribution in [-0.4, -0.2) is 35.4 Å². The summed E-state index contributed by atoms with van der Waals surface area (Å²) in [5, 5.41) is 8.83. The summed E-state index contributed by atoms with van der Waals surface area (Å²) < 4.78 is 6.80. The van der Waals surface area contributed by atoms with Crippen molar-refractivity contribution in [3.05, 3.63) is 30.3 Å². The molecule has 2 unspecified atom stereocenters. The van der Waals surface area contributed by atoms with E-state index in [0.717, 1.165) is 6.54 Å². The summed E-state index contributed by atoms with van der Waals surface area (Å²) in [6, 6.07) is 12.7. The molecular formula is C19H36N2OSi2. The minimum Gasteiger partial charge on any atom is -0.452 e. The van der Waals surface area contributed by atoms with Gasteiger partial charge in [-0.3, -0.25) is 5.32 Å². The molecule has 1 aromatic rings. The van der Waals surface area contributed by atoms with Gasteiger partial charge in [0.15, 0.2) is 8.32 Å². The lowest BCUT2D eigenvalue weighted by molar-refractivity contribution is 0.279. The molecule has 2 atom stereocenters. The SMILES string of the molecule is CCCC1CCNC(CC[Si](C)(C)O[Si](C)(C)c2ccccc2)N1. The summed E-state index contributed by atoms with van der Waals surface area (Å²) in [6.07, 6.45) is 5.47. The van der Waals surface area contributed by atoms with Gasteiger partial charge in [0.05, 0.1) is 6.17 Å². The van der Waals surface area contributed by atoms with Crippen molar-refractivity contribution in [1.29, 1.82) is 0 Å². The monoisotopic (exact) mass is 364 g/mol. The predicted octanol–water partition coefficient (Wildman–Crippen LogP) is 3.79. The number of hydrogen-bond acceptors (Lipinski definition) is 3. The Morgan fingerprint density at radius 2 is 1.79 bits per heavy atom. The third-order valence-electron chi connectivity index (χ3n) is 4.99. The Hall–Kier alpha value is -0.466. The van der Waals surface area contributed by atoms with E-state index >= 15 is 0 Å².